The second-order valence-corrected chi connectivity index (χ2v) is 3.03. The molecular weight excluding hydrogens is 256 g/mol. The molecule has 0 aromatic heterocycles. The number of rotatable bonds is 5. The highest BCUT2D eigenvalue weighted by Crippen LogP contribution is 2.35. The van der Waals surface area contributed by atoms with Gasteiger partial charge < -0.3 is 24.2 Å². The van der Waals surface area contributed by atoms with Crippen molar-refractivity contribution < 1.29 is 37.3 Å². The second-order valence-electron chi connectivity index (χ2n) is 3.03. The van der Waals surface area contributed by atoms with Gasteiger partial charge in [0.05, 0.1) is 6.61 Å². The second kappa shape index (κ2) is 5.83. The van der Waals surface area contributed by atoms with Crippen LogP contribution in [0.4, 0.5) is 13.2 Å². The van der Waals surface area contributed by atoms with Gasteiger partial charge in [0, 0.05) is 6.07 Å². The number of alkyl halides is 3. The van der Waals surface area contributed by atoms with Crippen molar-refractivity contribution in [3.8, 4) is 17.2 Å². The lowest BCUT2D eigenvalue weighted by Gasteiger charge is -2.15. The molecule has 18 heavy (non-hydrogen) atoms. The molecule has 1 aromatic carbocycles. The van der Waals surface area contributed by atoms with Crippen LogP contribution in [0.15, 0.2) is 18.2 Å². The molecule has 0 amide bonds. The molecule has 5 nitrogen and oxygen atoms in total. The van der Waals surface area contributed by atoms with Crippen molar-refractivity contribution >= 4 is 7.32 Å². The molecule has 100 valence electrons. The van der Waals surface area contributed by atoms with Crippen molar-refractivity contribution in [2.75, 3.05) is 6.61 Å². The fourth-order valence-electron chi connectivity index (χ4n) is 1.16. The molecule has 0 aliphatic rings. The van der Waals surface area contributed by atoms with Gasteiger partial charge in [-0.2, -0.15) is 0 Å². The molecule has 2 N–H and O–H groups in total. The van der Waals surface area contributed by atoms with Crippen LogP contribution in [0.25, 0.3) is 0 Å². The number of hydrogen-bond acceptors (Lipinski definition) is 5. The first kappa shape index (κ1) is 14.5. The van der Waals surface area contributed by atoms with Gasteiger partial charge in [-0.15, -0.1) is 13.2 Å². The number of halogens is 3. The molecule has 0 radical (unpaired) electrons. The average Bonchev–Trinajstić information content (AvgIpc) is 2.19. The van der Waals surface area contributed by atoms with Crippen molar-refractivity contribution in [3.63, 3.8) is 0 Å². The Labute approximate surface area is 101 Å². The fourth-order valence-corrected chi connectivity index (χ4v) is 1.16. The Morgan fingerprint density at radius 3 is 2.39 bits per heavy atom. The summed E-state index contributed by atoms with van der Waals surface area (Å²) in [7, 11) is -2.27. The highest BCUT2D eigenvalue weighted by molar-refractivity contribution is 6.33. The van der Waals surface area contributed by atoms with E-state index in [0.29, 0.717) is 6.61 Å². The lowest BCUT2D eigenvalue weighted by Crippen LogP contribution is -2.23. The largest absolute Gasteiger partial charge is 0.707 e. The Bertz CT molecular complexity index is 396. The third-order valence-electron chi connectivity index (χ3n) is 1.68. The third kappa shape index (κ3) is 4.72. The minimum atomic E-state index is -4.91. The van der Waals surface area contributed by atoms with Crippen LogP contribution in [0.3, 0.4) is 0 Å². The van der Waals surface area contributed by atoms with Crippen LogP contribution in [-0.2, 0) is 0 Å². The summed E-state index contributed by atoms with van der Waals surface area (Å²) in [6.07, 6.45) is -4.91. The van der Waals surface area contributed by atoms with E-state index >= 15 is 0 Å². The van der Waals surface area contributed by atoms with Crippen LogP contribution in [0.5, 0.6) is 17.2 Å². The van der Waals surface area contributed by atoms with E-state index in [0.717, 1.165) is 12.1 Å². The first-order valence-corrected chi connectivity index (χ1v) is 4.87. The third-order valence-corrected chi connectivity index (χ3v) is 1.68. The first-order chi connectivity index (χ1) is 8.31. The van der Waals surface area contributed by atoms with Gasteiger partial charge >= 0.3 is 13.7 Å². The van der Waals surface area contributed by atoms with Gasteiger partial charge in [-0.25, -0.2) is 0 Å². The lowest BCUT2D eigenvalue weighted by molar-refractivity contribution is -0.275. The summed E-state index contributed by atoms with van der Waals surface area (Å²) in [6.45, 7) is 1.97. The zero-order valence-corrected chi connectivity index (χ0v) is 9.27. The zero-order valence-electron chi connectivity index (χ0n) is 9.27. The Morgan fingerprint density at radius 2 is 1.89 bits per heavy atom. The molecule has 0 aliphatic carbocycles. The Kier molecular flexibility index (Phi) is 4.68. The summed E-state index contributed by atoms with van der Waals surface area (Å²) >= 11 is 0. The van der Waals surface area contributed by atoms with Gasteiger partial charge in [-0.3, -0.25) is 0 Å². The van der Waals surface area contributed by atoms with Crippen LogP contribution < -0.4 is 14.1 Å². The molecule has 0 heterocycles. The van der Waals surface area contributed by atoms with E-state index < -0.39 is 25.2 Å². The van der Waals surface area contributed by atoms with Crippen molar-refractivity contribution in [3.05, 3.63) is 18.2 Å². The normalized spacial score (nSPS) is 11.0. The van der Waals surface area contributed by atoms with Crippen molar-refractivity contribution in [1.82, 2.24) is 0 Å². The highest BCUT2D eigenvalue weighted by Gasteiger charge is 2.33. The Morgan fingerprint density at radius 1 is 1.22 bits per heavy atom. The van der Waals surface area contributed by atoms with E-state index in [4.69, 9.17) is 14.8 Å². The van der Waals surface area contributed by atoms with Gasteiger partial charge in [0.1, 0.15) is 11.5 Å². The fraction of sp³-hybridized carbons (Fsp3) is 0.333. The van der Waals surface area contributed by atoms with Gasteiger partial charge in [-0.1, -0.05) is 0 Å². The van der Waals surface area contributed by atoms with E-state index in [2.05, 4.69) is 9.39 Å². The molecule has 0 saturated carbocycles. The molecular formula is C9H10BF3O5. The summed E-state index contributed by atoms with van der Waals surface area (Å²) in [5, 5.41) is 17.2. The molecule has 0 bridgehead atoms. The topological polar surface area (TPSA) is 68.2 Å². The minimum Gasteiger partial charge on any atom is -0.509 e. The van der Waals surface area contributed by atoms with Crippen LogP contribution in [0.2, 0.25) is 0 Å². The van der Waals surface area contributed by atoms with Crippen LogP contribution in [0, 0.1) is 0 Å². The van der Waals surface area contributed by atoms with Gasteiger partial charge in [-0.05, 0) is 19.1 Å². The smallest absolute Gasteiger partial charge is 0.509 e. The van der Waals surface area contributed by atoms with E-state index in [-0.39, 0.29) is 5.75 Å². The standard InChI is InChI=1S/C9H10BF3O5/c1-2-16-6-3-4-7(17-9(11,12)13)8(5-6)18-10(14)15/h3-5,14-15H,2H2,1H3. The minimum absolute atomic E-state index is 0.211. The van der Waals surface area contributed by atoms with Crippen molar-refractivity contribution in [2.24, 2.45) is 0 Å². The van der Waals surface area contributed by atoms with Crippen LogP contribution in [-0.4, -0.2) is 30.3 Å². The summed E-state index contributed by atoms with van der Waals surface area (Å²) < 4.78 is 49.3. The average molecular weight is 266 g/mol. The summed E-state index contributed by atoms with van der Waals surface area (Å²) in [6, 6.07) is 3.25. The summed E-state index contributed by atoms with van der Waals surface area (Å²) in [4.78, 5) is 0. The molecule has 0 aliphatic heterocycles. The molecule has 0 saturated heterocycles. The summed E-state index contributed by atoms with van der Waals surface area (Å²) in [5.41, 5.74) is 0. The zero-order chi connectivity index (χ0) is 13.8. The Hall–Kier alpha value is -1.61. The maximum absolute atomic E-state index is 12.1. The Balaban J connectivity index is 3.00. The van der Waals surface area contributed by atoms with E-state index in [1.165, 1.54) is 6.07 Å². The first-order valence-electron chi connectivity index (χ1n) is 4.87. The van der Waals surface area contributed by atoms with Crippen LogP contribution >= 0.6 is 0 Å². The molecule has 1 rings (SSSR count). The summed E-state index contributed by atoms with van der Waals surface area (Å²) in [5.74, 6) is -0.977. The quantitative estimate of drug-likeness (QED) is 0.787. The monoisotopic (exact) mass is 266 g/mol. The van der Waals surface area contributed by atoms with E-state index in [1.54, 1.807) is 6.92 Å². The molecule has 1 aromatic rings. The molecule has 9 heteroatoms. The molecule has 0 spiro atoms. The number of hydrogen-bond donors (Lipinski definition) is 2. The number of ether oxygens (including phenoxy) is 2. The van der Waals surface area contributed by atoms with Crippen molar-refractivity contribution in [2.45, 2.75) is 13.3 Å². The molecule has 0 atom stereocenters. The predicted octanol–water partition coefficient (Wildman–Crippen LogP) is 1.33. The molecule has 0 fully saturated rings. The van der Waals surface area contributed by atoms with E-state index in [1.807, 2.05) is 0 Å². The maximum Gasteiger partial charge on any atom is 0.707 e. The van der Waals surface area contributed by atoms with Gasteiger partial charge in [0.25, 0.3) is 0 Å². The lowest BCUT2D eigenvalue weighted by atomic mass is 10.2. The SMILES string of the molecule is CCOc1ccc(OC(F)(F)F)c(OB(O)O)c1. The predicted molar refractivity (Wildman–Crippen MR) is 55.1 cm³/mol. The highest BCUT2D eigenvalue weighted by atomic mass is 19.4. The van der Waals surface area contributed by atoms with Crippen LogP contribution in [0.1, 0.15) is 6.92 Å². The van der Waals surface area contributed by atoms with E-state index in [9.17, 15) is 13.2 Å². The molecule has 0 unspecified atom stereocenters. The number of benzene rings is 1. The van der Waals surface area contributed by atoms with Gasteiger partial charge in [0.15, 0.2) is 5.75 Å². The van der Waals surface area contributed by atoms with Gasteiger partial charge in [0.2, 0.25) is 0 Å². The maximum atomic E-state index is 12.1. The van der Waals surface area contributed by atoms with Crippen molar-refractivity contribution in [1.29, 1.82) is 0 Å².